The number of hydrogen-bond acceptors (Lipinski definition) is 22. The van der Waals surface area contributed by atoms with Crippen molar-refractivity contribution < 1.29 is 88.0 Å². The number of aliphatic hydroxyl groups excluding tert-OH is 2. The molecule has 324 valence electrons. The second kappa shape index (κ2) is 18.7. The van der Waals surface area contributed by atoms with Crippen molar-refractivity contribution >= 4 is 81.7 Å². The minimum Gasteiger partial charge on any atom is -0.744 e. The van der Waals surface area contributed by atoms with Gasteiger partial charge in [0, 0.05) is 42.8 Å². The van der Waals surface area contributed by atoms with Gasteiger partial charge in [-0.15, -0.1) is 0 Å². The van der Waals surface area contributed by atoms with Crippen LogP contribution in [-0.4, -0.2) is 96.7 Å². The van der Waals surface area contributed by atoms with E-state index in [1.54, 1.807) is 30.3 Å². The summed E-state index contributed by atoms with van der Waals surface area (Å²) in [7, 11) is -13.0. The van der Waals surface area contributed by atoms with Crippen LogP contribution in [0.1, 0.15) is 15.9 Å². The molecule has 4 aromatic carbocycles. The summed E-state index contributed by atoms with van der Waals surface area (Å²) in [6.45, 7) is -1.58. The molecule has 0 amide bonds. The van der Waals surface area contributed by atoms with Crippen LogP contribution in [0.4, 0.5) is 34.6 Å². The first-order valence-electron chi connectivity index (χ1n) is 17.8. The quantitative estimate of drug-likeness (QED) is 0.0216. The van der Waals surface area contributed by atoms with Gasteiger partial charge in [0.25, 0.3) is 5.56 Å². The molecule has 0 radical (unpaired) electrons. The van der Waals surface area contributed by atoms with Crippen LogP contribution in [0.5, 0.6) is 6.01 Å². The normalized spacial score (nSPS) is 12.4. The first-order valence-corrected chi connectivity index (χ1v) is 22.0. The number of aromatic hydroxyl groups is 1. The molecular formula is C36H32N9NaO14S3. The zero-order valence-corrected chi connectivity index (χ0v) is 37.1. The molecule has 7 rings (SSSR count). The average molecular weight is 934 g/mol. The molecule has 0 saturated carbocycles. The fourth-order valence-electron chi connectivity index (χ4n) is 6.36. The number of carbonyl (C=O) groups excluding carboxylic acids is 1. The maximum atomic E-state index is 14.1. The third-order valence-electron chi connectivity index (χ3n) is 9.02. The van der Waals surface area contributed by atoms with Crippen molar-refractivity contribution in [3.05, 3.63) is 100 Å². The third kappa shape index (κ3) is 9.87. The van der Waals surface area contributed by atoms with Gasteiger partial charge < -0.3 is 40.4 Å². The van der Waals surface area contributed by atoms with Crippen molar-refractivity contribution in [2.45, 2.75) is 14.7 Å². The molecule has 63 heavy (non-hydrogen) atoms. The fraction of sp³-hybridized carbons (Fsp3) is 0.139. The number of rotatable bonds is 17. The van der Waals surface area contributed by atoms with Gasteiger partial charge in [0.05, 0.1) is 51.1 Å². The Kier molecular flexibility index (Phi) is 14.0. The van der Waals surface area contributed by atoms with Crippen LogP contribution in [0.3, 0.4) is 0 Å². The Morgan fingerprint density at radius 2 is 1.30 bits per heavy atom. The first kappa shape index (κ1) is 47.0. The largest absolute Gasteiger partial charge is 1.00 e. The van der Waals surface area contributed by atoms with Gasteiger partial charge in [0.2, 0.25) is 11.9 Å². The van der Waals surface area contributed by atoms with Crippen LogP contribution >= 0.6 is 0 Å². The Balaban J connectivity index is 0.00000661. The van der Waals surface area contributed by atoms with Crippen molar-refractivity contribution in [3.63, 3.8) is 0 Å². The zero-order valence-electron chi connectivity index (χ0n) is 32.7. The number of pyridine rings is 1. The second-order valence-corrected chi connectivity index (χ2v) is 17.4. The molecule has 2 aromatic heterocycles. The zero-order chi connectivity index (χ0) is 44.6. The summed E-state index contributed by atoms with van der Waals surface area (Å²) >= 11 is 0. The molecule has 23 nitrogen and oxygen atoms in total. The Hall–Kier alpha value is -5.46. The van der Waals surface area contributed by atoms with Gasteiger partial charge in [0.1, 0.15) is 15.0 Å². The van der Waals surface area contributed by atoms with Crippen LogP contribution in [-0.2, 0) is 46.0 Å². The number of aliphatic hydroxyl groups is 2. The molecule has 1 aliphatic carbocycles. The van der Waals surface area contributed by atoms with Crippen LogP contribution < -0.4 is 62.0 Å². The smallest absolute Gasteiger partial charge is 0.744 e. The molecule has 2 heterocycles. The number of hydroxylamine groups is 2. The topological polar surface area (TPSA) is 343 Å². The molecule has 0 bridgehead atoms. The van der Waals surface area contributed by atoms with Gasteiger partial charge in [-0.2, -0.15) is 51.3 Å². The SMILES string of the molecule is Cn1c(=O)cc2c3c(c(Nc4cc(Nc5nc(O)nc(Nc6cc(S(=O)(=O)ONCCO)ccc6S(=O)(=O)ONCCO)n5)ccc4S(=O)(=O)[O-])ccc31)C(=O)c1ccccc1-2.[Na+]. The van der Waals surface area contributed by atoms with E-state index < -0.39 is 87.6 Å². The van der Waals surface area contributed by atoms with Crippen LogP contribution in [0.2, 0.25) is 0 Å². The summed E-state index contributed by atoms with van der Waals surface area (Å²) < 4.78 is 100. The number of fused-ring (bicyclic) bond motifs is 2. The summed E-state index contributed by atoms with van der Waals surface area (Å²) in [5, 5.41) is 37.0. The molecule has 27 heteroatoms. The molecule has 0 fully saturated rings. The number of hydrogen-bond donors (Lipinski definition) is 8. The molecule has 0 unspecified atom stereocenters. The van der Waals surface area contributed by atoms with E-state index in [2.05, 4.69) is 35.2 Å². The molecule has 6 aromatic rings. The van der Waals surface area contributed by atoms with Crippen LogP contribution in [0.15, 0.2) is 98.3 Å². The van der Waals surface area contributed by atoms with Gasteiger partial charge >= 0.3 is 55.8 Å². The van der Waals surface area contributed by atoms with Crippen molar-refractivity contribution in [2.75, 3.05) is 42.3 Å². The third-order valence-corrected chi connectivity index (χ3v) is 12.3. The van der Waals surface area contributed by atoms with Crippen molar-refractivity contribution in [1.82, 2.24) is 30.5 Å². The van der Waals surface area contributed by atoms with E-state index in [0.29, 0.717) is 22.0 Å². The summed E-state index contributed by atoms with van der Waals surface area (Å²) in [6.07, 6.45) is 0. The number of carbonyl (C=O) groups is 1. The Morgan fingerprint density at radius 3 is 1.97 bits per heavy atom. The van der Waals surface area contributed by atoms with Crippen molar-refractivity contribution in [1.29, 1.82) is 0 Å². The monoisotopic (exact) mass is 933 g/mol. The summed E-state index contributed by atoms with van der Waals surface area (Å²) in [4.78, 5) is 36.6. The molecule has 8 N–H and O–H groups in total. The maximum absolute atomic E-state index is 14.1. The maximum Gasteiger partial charge on any atom is 1.00 e. The van der Waals surface area contributed by atoms with Crippen LogP contribution in [0.25, 0.3) is 22.0 Å². The molecule has 1 aliphatic rings. The number of nitrogens with zero attached hydrogens (tertiary/aromatic N) is 4. The number of aromatic nitrogens is 4. The second-order valence-electron chi connectivity index (χ2n) is 13.0. The summed E-state index contributed by atoms with van der Waals surface area (Å²) in [5.74, 6) is -1.48. The molecular weight excluding hydrogens is 902 g/mol. The van der Waals surface area contributed by atoms with Gasteiger partial charge in [-0.05, 0) is 59.7 Å². The molecule has 0 aliphatic heterocycles. The van der Waals surface area contributed by atoms with Crippen molar-refractivity contribution in [3.8, 4) is 17.1 Å². The van der Waals surface area contributed by atoms with Crippen molar-refractivity contribution in [2.24, 2.45) is 7.05 Å². The van der Waals surface area contributed by atoms with E-state index in [9.17, 15) is 44.5 Å². The Bertz CT molecular complexity index is 3190. The number of benzene rings is 4. The van der Waals surface area contributed by atoms with Gasteiger partial charge in [-0.3, -0.25) is 9.59 Å². The predicted octanol–water partition coefficient (Wildman–Crippen LogP) is -1.82. The predicted molar refractivity (Wildman–Crippen MR) is 217 cm³/mol. The van der Waals surface area contributed by atoms with E-state index in [1.807, 2.05) is 11.0 Å². The van der Waals surface area contributed by atoms with Gasteiger partial charge in [-0.1, -0.05) is 24.3 Å². The van der Waals surface area contributed by atoms with E-state index in [-0.39, 0.29) is 76.4 Å². The standard InChI is InChI=1S/C36H33N9O14S3.Na/c1-45-27-9-8-24(32-31(27)23(18-30(45)48)21-4-2-3-5-22(21)33(32)49)40-25-16-19(6-10-28(25)60(51,52)53)39-34-42-35(44-36(50)43-34)41-26-17-20(61(54,55)58-37-12-14-46)7-11-29(26)62(56,57)59-38-13-15-47;/h2-11,16-18,37-38,40,46-47H,12-15H2,1H3,(H,51,52,53)(H3,39,41,42,43,44,50);/q;+1/p-1. The number of nitrogens with one attached hydrogen (secondary N) is 5. The first-order chi connectivity index (χ1) is 29.4. The molecule has 0 atom stereocenters. The fourth-order valence-corrected chi connectivity index (χ4v) is 8.74. The van der Waals surface area contributed by atoms with E-state index in [4.69, 9.17) is 14.5 Å². The van der Waals surface area contributed by atoms with Crippen LogP contribution in [0, 0.1) is 0 Å². The summed E-state index contributed by atoms with van der Waals surface area (Å²) in [5.41, 5.74) is 4.73. The molecule has 0 saturated heterocycles. The van der Waals surface area contributed by atoms with E-state index in [1.165, 1.54) is 29.8 Å². The minimum atomic E-state index is -5.17. The Labute approximate surface area is 379 Å². The Morgan fingerprint density at radius 1 is 0.683 bits per heavy atom. The van der Waals surface area contributed by atoms with Gasteiger partial charge in [-0.25, -0.2) is 8.42 Å². The summed E-state index contributed by atoms with van der Waals surface area (Å²) in [6, 6.07) is 15.9. The number of aryl methyl sites for hydroxylation is 1. The number of ketones is 1. The molecule has 0 spiro atoms. The van der Waals surface area contributed by atoms with Gasteiger partial charge in [0.15, 0.2) is 5.78 Å². The van der Waals surface area contributed by atoms with E-state index in [0.717, 1.165) is 30.3 Å². The minimum absolute atomic E-state index is 0. The van der Waals surface area contributed by atoms with E-state index >= 15 is 0 Å². The average Bonchev–Trinajstić information content (AvgIpc) is 3.21. The number of anilines is 6.